The maximum absolute atomic E-state index is 14.3. The van der Waals surface area contributed by atoms with Crippen LogP contribution in [0.3, 0.4) is 0 Å². The van der Waals surface area contributed by atoms with Crippen molar-refractivity contribution in [3.05, 3.63) is 34.6 Å². The van der Waals surface area contributed by atoms with Crippen LogP contribution in [0.4, 0.5) is 4.39 Å². The molecule has 0 aromatic heterocycles. The molecule has 1 aromatic carbocycles. The topological polar surface area (TPSA) is 12.0 Å². The van der Waals surface area contributed by atoms with Crippen molar-refractivity contribution >= 4 is 11.6 Å². The molecule has 1 saturated carbocycles. The Morgan fingerprint density at radius 1 is 1.19 bits per heavy atom. The van der Waals surface area contributed by atoms with Gasteiger partial charge in [-0.25, -0.2) is 4.39 Å². The van der Waals surface area contributed by atoms with Crippen LogP contribution in [-0.4, -0.2) is 6.54 Å². The van der Waals surface area contributed by atoms with E-state index < -0.39 is 0 Å². The minimum absolute atomic E-state index is 0.111. The van der Waals surface area contributed by atoms with Crippen molar-refractivity contribution in [1.82, 2.24) is 5.32 Å². The molecule has 0 heterocycles. The fourth-order valence-electron chi connectivity index (χ4n) is 3.65. The Labute approximate surface area is 133 Å². The third-order valence-electron chi connectivity index (χ3n) is 4.95. The normalized spacial score (nSPS) is 24.3. The van der Waals surface area contributed by atoms with Gasteiger partial charge in [-0.15, -0.1) is 0 Å². The molecule has 0 bridgehead atoms. The molecule has 3 heteroatoms. The minimum Gasteiger partial charge on any atom is -0.310 e. The van der Waals surface area contributed by atoms with E-state index in [0.717, 1.165) is 23.9 Å². The minimum atomic E-state index is -0.181. The van der Waals surface area contributed by atoms with E-state index >= 15 is 0 Å². The van der Waals surface area contributed by atoms with E-state index in [9.17, 15) is 4.39 Å². The molecule has 2 rings (SSSR count). The second-order valence-corrected chi connectivity index (χ2v) is 7.06. The zero-order chi connectivity index (χ0) is 15.4. The van der Waals surface area contributed by atoms with E-state index in [-0.39, 0.29) is 11.9 Å². The maximum Gasteiger partial charge on any atom is 0.129 e. The molecule has 1 aliphatic rings. The first-order valence-corrected chi connectivity index (χ1v) is 8.59. The van der Waals surface area contributed by atoms with Crippen molar-refractivity contribution < 1.29 is 4.39 Å². The number of nitrogens with one attached hydrogen (secondary N) is 1. The van der Waals surface area contributed by atoms with Gasteiger partial charge in [0.2, 0.25) is 0 Å². The van der Waals surface area contributed by atoms with Gasteiger partial charge in [-0.1, -0.05) is 38.4 Å². The summed E-state index contributed by atoms with van der Waals surface area (Å²) in [6.07, 6.45) is 4.89. The monoisotopic (exact) mass is 311 g/mol. The Bertz CT molecular complexity index is 453. The molecule has 1 aliphatic carbocycles. The highest BCUT2D eigenvalue weighted by molar-refractivity contribution is 6.30. The molecule has 21 heavy (non-hydrogen) atoms. The van der Waals surface area contributed by atoms with E-state index in [4.69, 9.17) is 11.6 Å². The SMILES string of the molecule is CCNC(c1ccc(Cl)cc1F)C1CCC(C(C)C)CC1. The van der Waals surface area contributed by atoms with Crippen molar-refractivity contribution in [3.63, 3.8) is 0 Å². The van der Waals surface area contributed by atoms with Crippen LogP contribution in [0.5, 0.6) is 0 Å². The third kappa shape index (κ3) is 4.20. The summed E-state index contributed by atoms with van der Waals surface area (Å²) in [5.74, 6) is 1.93. The molecule has 0 spiro atoms. The first-order valence-electron chi connectivity index (χ1n) is 8.21. The summed E-state index contributed by atoms with van der Waals surface area (Å²) in [5, 5.41) is 3.96. The van der Waals surface area contributed by atoms with Crippen molar-refractivity contribution in [2.45, 2.75) is 52.5 Å². The predicted molar refractivity (Wildman–Crippen MR) is 88.1 cm³/mol. The number of benzene rings is 1. The van der Waals surface area contributed by atoms with Crippen molar-refractivity contribution in [3.8, 4) is 0 Å². The van der Waals surface area contributed by atoms with Crippen molar-refractivity contribution in [1.29, 1.82) is 0 Å². The van der Waals surface area contributed by atoms with E-state index in [1.165, 1.54) is 31.7 Å². The number of hydrogen-bond donors (Lipinski definition) is 1. The van der Waals surface area contributed by atoms with Gasteiger partial charge in [-0.3, -0.25) is 0 Å². The number of halogens is 2. The quantitative estimate of drug-likeness (QED) is 0.747. The molecule has 1 aromatic rings. The molecule has 0 saturated heterocycles. The largest absolute Gasteiger partial charge is 0.310 e. The summed E-state index contributed by atoms with van der Waals surface area (Å²) in [5.41, 5.74) is 0.772. The Morgan fingerprint density at radius 2 is 1.81 bits per heavy atom. The lowest BCUT2D eigenvalue weighted by molar-refractivity contribution is 0.188. The third-order valence-corrected chi connectivity index (χ3v) is 5.19. The van der Waals surface area contributed by atoms with Crippen molar-refractivity contribution in [2.75, 3.05) is 6.54 Å². The van der Waals surface area contributed by atoms with Crippen LogP contribution in [0.25, 0.3) is 0 Å². The highest BCUT2D eigenvalue weighted by Gasteiger charge is 2.30. The molecule has 1 atom stereocenters. The van der Waals surface area contributed by atoms with Gasteiger partial charge in [0, 0.05) is 16.6 Å². The summed E-state index contributed by atoms with van der Waals surface area (Å²) in [7, 11) is 0. The number of hydrogen-bond acceptors (Lipinski definition) is 1. The van der Waals surface area contributed by atoms with E-state index in [1.807, 2.05) is 6.07 Å². The summed E-state index contributed by atoms with van der Waals surface area (Å²) in [6, 6.07) is 5.19. The summed E-state index contributed by atoms with van der Waals surface area (Å²) in [6.45, 7) is 7.56. The zero-order valence-electron chi connectivity index (χ0n) is 13.3. The summed E-state index contributed by atoms with van der Waals surface area (Å²) in [4.78, 5) is 0. The fourth-order valence-corrected chi connectivity index (χ4v) is 3.81. The molecule has 1 nitrogen and oxygen atoms in total. The predicted octanol–water partition coefficient (Wildman–Crippen LogP) is 5.59. The van der Waals surface area contributed by atoms with Crippen LogP contribution in [0, 0.1) is 23.6 Å². The summed E-state index contributed by atoms with van der Waals surface area (Å²) < 4.78 is 14.3. The van der Waals surface area contributed by atoms with E-state index in [0.29, 0.717) is 10.9 Å². The highest BCUT2D eigenvalue weighted by Crippen LogP contribution is 2.40. The smallest absolute Gasteiger partial charge is 0.129 e. The van der Waals surface area contributed by atoms with Gasteiger partial charge in [0.05, 0.1) is 0 Å². The molecule has 1 unspecified atom stereocenters. The lowest BCUT2D eigenvalue weighted by Gasteiger charge is -2.36. The van der Waals surface area contributed by atoms with Crippen LogP contribution < -0.4 is 5.32 Å². The maximum atomic E-state index is 14.3. The molecule has 118 valence electrons. The standard InChI is InChI=1S/C18H27ClFN/c1-4-21-18(16-10-9-15(19)11-17(16)20)14-7-5-13(6-8-14)12(2)3/h9-14,18,21H,4-8H2,1-3H3. The zero-order valence-corrected chi connectivity index (χ0v) is 14.1. The molecule has 1 fully saturated rings. The van der Waals surface area contributed by atoms with Crippen LogP contribution in [0.15, 0.2) is 18.2 Å². The Balaban J connectivity index is 2.12. The average molecular weight is 312 g/mol. The van der Waals surface area contributed by atoms with Crippen LogP contribution in [-0.2, 0) is 0 Å². The van der Waals surface area contributed by atoms with Gasteiger partial charge in [-0.2, -0.15) is 0 Å². The average Bonchev–Trinajstić information content (AvgIpc) is 2.46. The Hall–Kier alpha value is -0.600. The first kappa shape index (κ1) is 16.8. The molecule has 0 amide bonds. The van der Waals surface area contributed by atoms with Crippen LogP contribution in [0.2, 0.25) is 5.02 Å². The van der Waals surface area contributed by atoms with Crippen molar-refractivity contribution in [2.24, 2.45) is 17.8 Å². The van der Waals surface area contributed by atoms with E-state index in [2.05, 4.69) is 26.1 Å². The van der Waals surface area contributed by atoms with Gasteiger partial charge in [-0.05, 0) is 62.1 Å². The molecule has 0 aliphatic heterocycles. The molecular weight excluding hydrogens is 285 g/mol. The number of rotatable bonds is 5. The van der Waals surface area contributed by atoms with Crippen LogP contribution in [0.1, 0.15) is 58.1 Å². The molecular formula is C18H27ClFN. The molecule has 0 radical (unpaired) electrons. The van der Waals surface area contributed by atoms with Gasteiger partial charge in [0.1, 0.15) is 5.82 Å². The van der Waals surface area contributed by atoms with Gasteiger partial charge >= 0.3 is 0 Å². The Kier molecular flexibility index (Phi) is 6.07. The second kappa shape index (κ2) is 7.60. The fraction of sp³-hybridized carbons (Fsp3) is 0.667. The summed E-state index contributed by atoms with van der Waals surface area (Å²) >= 11 is 5.88. The Morgan fingerprint density at radius 3 is 2.33 bits per heavy atom. The highest BCUT2D eigenvalue weighted by atomic mass is 35.5. The van der Waals surface area contributed by atoms with Gasteiger partial charge in [0.25, 0.3) is 0 Å². The van der Waals surface area contributed by atoms with Gasteiger partial charge < -0.3 is 5.32 Å². The second-order valence-electron chi connectivity index (χ2n) is 6.62. The lowest BCUT2D eigenvalue weighted by atomic mass is 9.73. The van der Waals surface area contributed by atoms with E-state index in [1.54, 1.807) is 6.07 Å². The molecule has 1 N–H and O–H groups in total. The lowest BCUT2D eigenvalue weighted by Crippen LogP contribution is -2.32. The van der Waals surface area contributed by atoms with Gasteiger partial charge in [0.15, 0.2) is 0 Å². The van der Waals surface area contributed by atoms with Crippen LogP contribution >= 0.6 is 11.6 Å². The first-order chi connectivity index (χ1) is 10.0.